The molecule has 118 valence electrons. The van der Waals surface area contributed by atoms with Gasteiger partial charge >= 0.3 is 0 Å². The minimum atomic E-state index is -0.211. The fraction of sp³-hybridized carbons (Fsp3) is 0.389. The first-order valence-corrected chi connectivity index (χ1v) is 7.45. The zero-order chi connectivity index (χ0) is 16.2. The minimum absolute atomic E-state index is 0.0128. The van der Waals surface area contributed by atoms with Crippen LogP contribution < -0.4 is 14.8 Å². The largest absolute Gasteiger partial charge is 0.497 e. The summed E-state index contributed by atoms with van der Waals surface area (Å²) in [5, 5.41) is 5.07. The molecule has 0 spiro atoms. The van der Waals surface area contributed by atoms with Crippen molar-refractivity contribution in [3.63, 3.8) is 0 Å². The fourth-order valence-corrected chi connectivity index (χ4v) is 2.07. The van der Waals surface area contributed by atoms with Gasteiger partial charge in [0.05, 0.1) is 7.11 Å². The van der Waals surface area contributed by atoms with Crippen molar-refractivity contribution in [2.75, 3.05) is 13.7 Å². The van der Waals surface area contributed by atoms with Crippen LogP contribution in [0, 0.1) is 0 Å². The van der Waals surface area contributed by atoms with Crippen molar-refractivity contribution in [3.05, 3.63) is 36.4 Å². The van der Waals surface area contributed by atoms with Crippen molar-refractivity contribution in [2.24, 2.45) is 0 Å². The van der Waals surface area contributed by atoms with E-state index in [1.165, 1.54) is 0 Å². The molecular weight excluding hydrogens is 278 g/mol. The van der Waals surface area contributed by atoms with Crippen LogP contribution in [-0.2, 0) is 4.79 Å². The van der Waals surface area contributed by atoms with Crippen LogP contribution in [0.5, 0.6) is 11.5 Å². The topological polar surface area (TPSA) is 47.6 Å². The second-order valence-electron chi connectivity index (χ2n) is 5.95. The van der Waals surface area contributed by atoms with Gasteiger partial charge in [-0.1, -0.05) is 19.1 Å². The number of ether oxygens (including phenoxy) is 2. The molecule has 0 fully saturated rings. The number of rotatable bonds is 6. The second-order valence-corrected chi connectivity index (χ2v) is 5.95. The molecule has 0 aliphatic carbocycles. The SMILES string of the molecule is CCC(C)(C)NC(=O)COc1ccc2ccc(OC)cc2c1. The summed E-state index contributed by atoms with van der Waals surface area (Å²) in [5.74, 6) is 1.36. The summed E-state index contributed by atoms with van der Waals surface area (Å²) in [6, 6.07) is 11.6. The molecule has 0 saturated carbocycles. The monoisotopic (exact) mass is 301 g/mol. The van der Waals surface area contributed by atoms with Crippen molar-refractivity contribution < 1.29 is 14.3 Å². The van der Waals surface area contributed by atoms with Gasteiger partial charge in [-0.2, -0.15) is 0 Å². The lowest BCUT2D eigenvalue weighted by Gasteiger charge is -2.24. The summed E-state index contributed by atoms with van der Waals surface area (Å²) in [7, 11) is 1.64. The number of nitrogens with one attached hydrogen (secondary N) is 1. The van der Waals surface area contributed by atoms with Crippen LogP contribution in [0.1, 0.15) is 27.2 Å². The highest BCUT2D eigenvalue weighted by Gasteiger charge is 2.17. The van der Waals surface area contributed by atoms with Crippen molar-refractivity contribution in [2.45, 2.75) is 32.7 Å². The summed E-state index contributed by atoms with van der Waals surface area (Å²) >= 11 is 0. The Bertz CT molecular complexity index is 664. The van der Waals surface area contributed by atoms with Gasteiger partial charge in [0.25, 0.3) is 5.91 Å². The van der Waals surface area contributed by atoms with Gasteiger partial charge in [0.15, 0.2) is 6.61 Å². The standard InChI is InChI=1S/C18H23NO3/c1-5-18(2,3)19-17(20)12-22-16-9-7-13-6-8-15(21-4)10-14(13)11-16/h6-11H,5,12H2,1-4H3,(H,19,20). The van der Waals surface area contributed by atoms with Crippen molar-refractivity contribution in [1.29, 1.82) is 0 Å². The molecule has 0 bridgehead atoms. The lowest BCUT2D eigenvalue weighted by atomic mass is 10.0. The lowest BCUT2D eigenvalue weighted by Crippen LogP contribution is -2.44. The maximum atomic E-state index is 11.9. The van der Waals surface area contributed by atoms with Crippen LogP contribution in [0.25, 0.3) is 10.8 Å². The van der Waals surface area contributed by atoms with E-state index in [0.717, 1.165) is 22.9 Å². The first-order valence-electron chi connectivity index (χ1n) is 7.45. The molecule has 0 atom stereocenters. The van der Waals surface area contributed by atoms with E-state index in [9.17, 15) is 4.79 Å². The Morgan fingerprint density at radius 3 is 2.36 bits per heavy atom. The van der Waals surface area contributed by atoms with E-state index in [0.29, 0.717) is 5.75 Å². The average Bonchev–Trinajstić information content (AvgIpc) is 2.51. The van der Waals surface area contributed by atoms with E-state index < -0.39 is 0 Å². The molecule has 0 radical (unpaired) electrons. The molecule has 1 N–H and O–H groups in total. The van der Waals surface area contributed by atoms with Crippen LogP contribution >= 0.6 is 0 Å². The summed E-state index contributed by atoms with van der Waals surface area (Å²) in [5.41, 5.74) is -0.211. The van der Waals surface area contributed by atoms with Gasteiger partial charge in [0.2, 0.25) is 0 Å². The van der Waals surface area contributed by atoms with Gasteiger partial charge < -0.3 is 14.8 Å². The predicted molar refractivity (Wildman–Crippen MR) is 88.5 cm³/mol. The Balaban J connectivity index is 2.04. The maximum Gasteiger partial charge on any atom is 0.258 e. The molecule has 0 heterocycles. The molecule has 2 aromatic rings. The molecule has 0 aliphatic rings. The average molecular weight is 301 g/mol. The van der Waals surface area contributed by atoms with Gasteiger partial charge in [-0.15, -0.1) is 0 Å². The van der Waals surface area contributed by atoms with Gasteiger partial charge in [0.1, 0.15) is 11.5 Å². The third-order valence-electron chi connectivity index (χ3n) is 3.75. The van der Waals surface area contributed by atoms with Gasteiger partial charge in [-0.25, -0.2) is 0 Å². The van der Waals surface area contributed by atoms with Crippen molar-refractivity contribution in [3.8, 4) is 11.5 Å². The van der Waals surface area contributed by atoms with Crippen LogP contribution in [0.2, 0.25) is 0 Å². The van der Waals surface area contributed by atoms with E-state index in [1.807, 2.05) is 57.2 Å². The first-order chi connectivity index (χ1) is 10.4. The Morgan fingerprint density at radius 2 is 1.73 bits per heavy atom. The van der Waals surface area contributed by atoms with Gasteiger partial charge in [0, 0.05) is 5.54 Å². The minimum Gasteiger partial charge on any atom is -0.497 e. The summed E-state index contributed by atoms with van der Waals surface area (Å²) in [6.45, 7) is 6.04. The number of fused-ring (bicyclic) bond motifs is 1. The molecule has 2 rings (SSSR count). The summed E-state index contributed by atoms with van der Waals surface area (Å²) < 4.78 is 10.8. The van der Waals surface area contributed by atoms with Crippen LogP contribution in [0.3, 0.4) is 0 Å². The first kappa shape index (κ1) is 16.1. The van der Waals surface area contributed by atoms with Gasteiger partial charge in [-0.3, -0.25) is 4.79 Å². The maximum absolute atomic E-state index is 11.9. The van der Waals surface area contributed by atoms with E-state index in [1.54, 1.807) is 7.11 Å². The van der Waals surface area contributed by atoms with Crippen LogP contribution in [0.4, 0.5) is 0 Å². The zero-order valence-electron chi connectivity index (χ0n) is 13.6. The number of hydrogen-bond donors (Lipinski definition) is 1. The Labute approximate surface area is 131 Å². The Kier molecular flexibility index (Phi) is 4.91. The molecule has 1 amide bonds. The number of amides is 1. The zero-order valence-corrected chi connectivity index (χ0v) is 13.6. The lowest BCUT2D eigenvalue weighted by molar-refractivity contribution is -0.124. The Hall–Kier alpha value is -2.23. The van der Waals surface area contributed by atoms with E-state index in [4.69, 9.17) is 9.47 Å². The molecule has 0 saturated heterocycles. The Morgan fingerprint density at radius 1 is 1.09 bits per heavy atom. The number of carbonyl (C=O) groups is 1. The highest BCUT2D eigenvalue weighted by molar-refractivity contribution is 5.85. The van der Waals surface area contributed by atoms with E-state index in [-0.39, 0.29) is 18.1 Å². The summed E-state index contributed by atoms with van der Waals surface area (Å²) in [6.07, 6.45) is 0.870. The van der Waals surface area contributed by atoms with Gasteiger partial charge in [-0.05, 0) is 55.3 Å². The van der Waals surface area contributed by atoms with Crippen molar-refractivity contribution in [1.82, 2.24) is 5.32 Å². The molecule has 4 nitrogen and oxygen atoms in total. The van der Waals surface area contributed by atoms with Crippen LogP contribution in [-0.4, -0.2) is 25.2 Å². The molecule has 4 heteroatoms. The smallest absolute Gasteiger partial charge is 0.258 e. The molecule has 22 heavy (non-hydrogen) atoms. The number of benzene rings is 2. The second kappa shape index (κ2) is 6.69. The van der Waals surface area contributed by atoms with Crippen LogP contribution in [0.15, 0.2) is 36.4 Å². The molecule has 0 aliphatic heterocycles. The normalized spacial score (nSPS) is 11.3. The third-order valence-corrected chi connectivity index (χ3v) is 3.75. The fourth-order valence-electron chi connectivity index (χ4n) is 2.07. The highest BCUT2D eigenvalue weighted by atomic mass is 16.5. The third kappa shape index (κ3) is 4.13. The summed E-state index contributed by atoms with van der Waals surface area (Å²) in [4.78, 5) is 11.9. The number of methoxy groups -OCH3 is 1. The van der Waals surface area contributed by atoms with E-state index >= 15 is 0 Å². The van der Waals surface area contributed by atoms with Crippen molar-refractivity contribution >= 4 is 16.7 Å². The highest BCUT2D eigenvalue weighted by Crippen LogP contribution is 2.24. The molecule has 2 aromatic carbocycles. The number of carbonyl (C=O) groups excluding carboxylic acids is 1. The molecule has 0 aromatic heterocycles. The molecule has 0 unspecified atom stereocenters. The molecular formula is C18H23NO3. The predicted octanol–water partition coefficient (Wildman–Crippen LogP) is 3.53. The quantitative estimate of drug-likeness (QED) is 0.888. The van der Waals surface area contributed by atoms with E-state index in [2.05, 4.69) is 5.32 Å². The number of hydrogen-bond acceptors (Lipinski definition) is 3.